The molecule has 0 aromatic heterocycles. The highest BCUT2D eigenvalue weighted by Gasteiger charge is 2.22. The van der Waals surface area contributed by atoms with Crippen molar-refractivity contribution in [2.24, 2.45) is 0 Å². The molecule has 1 atom stereocenters. The van der Waals surface area contributed by atoms with Gasteiger partial charge >= 0.3 is 0 Å². The van der Waals surface area contributed by atoms with E-state index < -0.39 is 0 Å². The van der Waals surface area contributed by atoms with Crippen LogP contribution < -0.4 is 5.32 Å². The molecule has 94 valence electrons. The molecule has 0 saturated heterocycles. The summed E-state index contributed by atoms with van der Waals surface area (Å²) in [4.78, 5) is 2.55. The molecule has 0 spiro atoms. The lowest BCUT2D eigenvalue weighted by Gasteiger charge is -2.34. The van der Waals surface area contributed by atoms with E-state index in [2.05, 4.69) is 49.2 Å². The summed E-state index contributed by atoms with van der Waals surface area (Å²) in [5, 5.41) is 3.39. The number of rotatable bonds is 4. The Labute approximate surface area is 105 Å². The van der Waals surface area contributed by atoms with E-state index in [1.165, 1.54) is 24.1 Å². The SMILES string of the molecule is CCNCc1ccc2c(c1)CCN(CC)C2C. The molecule has 0 fully saturated rings. The van der Waals surface area contributed by atoms with E-state index >= 15 is 0 Å². The van der Waals surface area contributed by atoms with Gasteiger partial charge in [-0.3, -0.25) is 4.90 Å². The summed E-state index contributed by atoms with van der Waals surface area (Å²) in [6.45, 7) is 11.1. The third-order valence-corrected chi connectivity index (χ3v) is 3.86. The first-order chi connectivity index (χ1) is 8.26. The summed E-state index contributed by atoms with van der Waals surface area (Å²) in [7, 11) is 0. The van der Waals surface area contributed by atoms with Crippen LogP contribution >= 0.6 is 0 Å². The fourth-order valence-electron chi connectivity index (χ4n) is 2.75. The zero-order chi connectivity index (χ0) is 12.3. The molecule has 1 aromatic carbocycles. The van der Waals surface area contributed by atoms with E-state index in [1.807, 2.05) is 0 Å². The molecular weight excluding hydrogens is 208 g/mol. The van der Waals surface area contributed by atoms with Crippen molar-refractivity contribution in [1.29, 1.82) is 0 Å². The highest BCUT2D eigenvalue weighted by Crippen LogP contribution is 2.29. The smallest absolute Gasteiger partial charge is 0.0322 e. The van der Waals surface area contributed by atoms with E-state index in [9.17, 15) is 0 Å². The van der Waals surface area contributed by atoms with Crippen LogP contribution in [0.3, 0.4) is 0 Å². The van der Waals surface area contributed by atoms with Crippen molar-refractivity contribution in [2.45, 2.75) is 39.8 Å². The van der Waals surface area contributed by atoms with Crippen LogP contribution in [0.1, 0.15) is 43.5 Å². The number of benzene rings is 1. The topological polar surface area (TPSA) is 15.3 Å². The van der Waals surface area contributed by atoms with E-state index in [1.54, 1.807) is 5.56 Å². The Bertz CT molecular complexity index is 373. The van der Waals surface area contributed by atoms with Crippen LogP contribution in [-0.4, -0.2) is 24.5 Å². The maximum absolute atomic E-state index is 3.39. The summed E-state index contributed by atoms with van der Waals surface area (Å²) in [6.07, 6.45) is 1.20. The Hall–Kier alpha value is -0.860. The summed E-state index contributed by atoms with van der Waals surface area (Å²) in [6, 6.07) is 7.57. The number of nitrogens with one attached hydrogen (secondary N) is 1. The normalized spacial score (nSPS) is 20.3. The number of fused-ring (bicyclic) bond motifs is 1. The second kappa shape index (κ2) is 5.65. The molecule has 1 heterocycles. The fourth-order valence-corrected chi connectivity index (χ4v) is 2.75. The van der Waals surface area contributed by atoms with Gasteiger partial charge in [-0.1, -0.05) is 32.0 Å². The Kier molecular flexibility index (Phi) is 4.19. The van der Waals surface area contributed by atoms with E-state index in [0.29, 0.717) is 6.04 Å². The first kappa shape index (κ1) is 12.6. The predicted molar refractivity (Wildman–Crippen MR) is 73.2 cm³/mol. The fraction of sp³-hybridized carbons (Fsp3) is 0.600. The first-order valence-electron chi connectivity index (χ1n) is 6.82. The highest BCUT2D eigenvalue weighted by molar-refractivity contribution is 5.36. The first-order valence-corrected chi connectivity index (χ1v) is 6.82. The minimum absolute atomic E-state index is 0.580. The summed E-state index contributed by atoms with van der Waals surface area (Å²) < 4.78 is 0. The van der Waals surface area contributed by atoms with E-state index in [4.69, 9.17) is 0 Å². The van der Waals surface area contributed by atoms with Crippen molar-refractivity contribution in [3.05, 3.63) is 34.9 Å². The third-order valence-electron chi connectivity index (χ3n) is 3.86. The minimum Gasteiger partial charge on any atom is -0.313 e. The molecule has 2 rings (SSSR count). The molecule has 1 N–H and O–H groups in total. The van der Waals surface area contributed by atoms with Gasteiger partial charge in [0, 0.05) is 19.1 Å². The van der Waals surface area contributed by atoms with Crippen LogP contribution in [0.4, 0.5) is 0 Å². The Balaban J connectivity index is 2.17. The molecule has 1 aliphatic heterocycles. The van der Waals surface area contributed by atoms with Gasteiger partial charge in [0.05, 0.1) is 0 Å². The molecule has 1 unspecified atom stereocenters. The molecule has 0 saturated carbocycles. The molecule has 1 aromatic rings. The Morgan fingerprint density at radius 3 is 2.88 bits per heavy atom. The molecule has 1 aliphatic rings. The average Bonchev–Trinajstić information content (AvgIpc) is 2.37. The van der Waals surface area contributed by atoms with Gasteiger partial charge < -0.3 is 5.32 Å². The summed E-state index contributed by atoms with van der Waals surface area (Å²) in [5.41, 5.74) is 4.50. The lowest BCUT2D eigenvalue weighted by molar-refractivity contribution is 0.209. The monoisotopic (exact) mass is 232 g/mol. The predicted octanol–water partition coefficient (Wildman–Crippen LogP) is 2.74. The van der Waals surface area contributed by atoms with E-state index in [-0.39, 0.29) is 0 Å². The molecule has 2 heteroatoms. The zero-order valence-corrected chi connectivity index (χ0v) is 11.3. The number of hydrogen-bond donors (Lipinski definition) is 1. The van der Waals surface area contributed by atoms with Crippen LogP contribution in [-0.2, 0) is 13.0 Å². The van der Waals surface area contributed by atoms with Gasteiger partial charge in [0.25, 0.3) is 0 Å². The molecule has 0 amide bonds. The van der Waals surface area contributed by atoms with Crippen LogP contribution in [0.25, 0.3) is 0 Å². The summed E-state index contributed by atoms with van der Waals surface area (Å²) >= 11 is 0. The van der Waals surface area contributed by atoms with Crippen molar-refractivity contribution in [2.75, 3.05) is 19.6 Å². The van der Waals surface area contributed by atoms with Gasteiger partial charge in [0.15, 0.2) is 0 Å². The minimum atomic E-state index is 0.580. The molecule has 0 bridgehead atoms. The number of hydrogen-bond acceptors (Lipinski definition) is 2. The lowest BCUT2D eigenvalue weighted by Crippen LogP contribution is -2.33. The van der Waals surface area contributed by atoms with Crippen molar-refractivity contribution < 1.29 is 0 Å². The van der Waals surface area contributed by atoms with Crippen molar-refractivity contribution in [3.8, 4) is 0 Å². The van der Waals surface area contributed by atoms with Crippen LogP contribution in [0.15, 0.2) is 18.2 Å². The van der Waals surface area contributed by atoms with Crippen molar-refractivity contribution in [3.63, 3.8) is 0 Å². The maximum atomic E-state index is 3.39. The highest BCUT2D eigenvalue weighted by atomic mass is 15.1. The largest absolute Gasteiger partial charge is 0.313 e. The van der Waals surface area contributed by atoms with Gasteiger partial charge in [-0.25, -0.2) is 0 Å². The molecule has 17 heavy (non-hydrogen) atoms. The van der Waals surface area contributed by atoms with Crippen molar-refractivity contribution >= 4 is 0 Å². The molecular formula is C15H24N2. The second-order valence-corrected chi connectivity index (χ2v) is 4.87. The maximum Gasteiger partial charge on any atom is 0.0322 e. The second-order valence-electron chi connectivity index (χ2n) is 4.87. The lowest BCUT2D eigenvalue weighted by atomic mass is 9.92. The van der Waals surface area contributed by atoms with Gasteiger partial charge in [0.2, 0.25) is 0 Å². The standard InChI is InChI=1S/C15H24N2/c1-4-16-11-13-6-7-15-12(3)17(5-2)9-8-14(15)10-13/h6-7,10,12,16H,4-5,8-9,11H2,1-3H3. The van der Waals surface area contributed by atoms with Gasteiger partial charge in [0.1, 0.15) is 0 Å². The van der Waals surface area contributed by atoms with E-state index in [0.717, 1.165) is 19.6 Å². The zero-order valence-electron chi connectivity index (χ0n) is 11.3. The Morgan fingerprint density at radius 2 is 2.18 bits per heavy atom. The average molecular weight is 232 g/mol. The number of likely N-dealkylation sites (N-methyl/N-ethyl adjacent to an activating group) is 1. The Morgan fingerprint density at radius 1 is 1.35 bits per heavy atom. The molecule has 2 nitrogen and oxygen atoms in total. The quantitative estimate of drug-likeness (QED) is 0.858. The molecule has 0 radical (unpaired) electrons. The van der Waals surface area contributed by atoms with Crippen molar-refractivity contribution in [1.82, 2.24) is 10.2 Å². The number of nitrogens with zero attached hydrogens (tertiary/aromatic N) is 1. The van der Waals surface area contributed by atoms with Crippen LogP contribution in [0.5, 0.6) is 0 Å². The third kappa shape index (κ3) is 2.70. The van der Waals surface area contributed by atoms with Crippen LogP contribution in [0, 0.1) is 0 Å². The van der Waals surface area contributed by atoms with Crippen LogP contribution in [0.2, 0.25) is 0 Å². The summed E-state index contributed by atoms with van der Waals surface area (Å²) in [5.74, 6) is 0. The van der Waals surface area contributed by atoms with Gasteiger partial charge in [-0.15, -0.1) is 0 Å². The van der Waals surface area contributed by atoms with Gasteiger partial charge in [-0.05, 0) is 43.1 Å². The van der Waals surface area contributed by atoms with Gasteiger partial charge in [-0.2, -0.15) is 0 Å². The molecule has 0 aliphatic carbocycles.